The van der Waals surface area contributed by atoms with Crippen molar-refractivity contribution in [3.63, 3.8) is 0 Å². The van der Waals surface area contributed by atoms with Gasteiger partial charge in [-0.1, -0.05) is 0 Å². The molecule has 0 N–H and O–H groups in total. The highest BCUT2D eigenvalue weighted by Gasteiger charge is 2.21. The van der Waals surface area contributed by atoms with Gasteiger partial charge in [-0.05, 0) is 13.0 Å². The zero-order valence-corrected chi connectivity index (χ0v) is 6.79. The second-order valence-electron chi connectivity index (χ2n) is 2.18. The molecule has 0 radical (unpaired) electrons. The lowest BCUT2D eigenvalue weighted by molar-refractivity contribution is -0.127. The summed E-state index contributed by atoms with van der Waals surface area (Å²) < 4.78 is 5.10. The van der Waals surface area contributed by atoms with E-state index in [4.69, 9.17) is 4.74 Å². The first-order valence-corrected chi connectivity index (χ1v) is 3.35. The molecule has 1 amide bonds. The first kappa shape index (κ1) is 7.78. The van der Waals surface area contributed by atoms with Crippen molar-refractivity contribution >= 4 is 11.8 Å². The van der Waals surface area contributed by atoms with Crippen LogP contribution in [0, 0.1) is 0 Å². The van der Waals surface area contributed by atoms with Crippen molar-refractivity contribution in [3.8, 4) is 0 Å². The second-order valence-corrected chi connectivity index (χ2v) is 2.18. The number of carbonyl (C=O) groups is 1. The monoisotopic (exact) mass is 154 g/mol. The predicted molar refractivity (Wildman–Crippen MR) is 40.5 cm³/mol. The molecular formula is C7H10N2O2. The molecule has 1 heterocycles. The molecule has 0 aromatic heterocycles. The lowest BCUT2D eigenvalue weighted by atomic mass is 10.6. The third kappa shape index (κ3) is 1.39. The minimum atomic E-state index is -0.144. The van der Waals surface area contributed by atoms with Crippen LogP contribution < -0.4 is 0 Å². The van der Waals surface area contributed by atoms with Crippen LogP contribution in [0.15, 0.2) is 17.1 Å². The number of hydrazone groups is 1. The summed E-state index contributed by atoms with van der Waals surface area (Å²) in [5.41, 5.74) is 0. The zero-order valence-electron chi connectivity index (χ0n) is 6.79. The number of rotatable bonds is 0. The molecule has 0 bridgehead atoms. The van der Waals surface area contributed by atoms with Gasteiger partial charge in [0, 0.05) is 13.8 Å². The molecule has 0 saturated carbocycles. The fraction of sp³-hybridized carbons (Fsp3) is 0.429. The Morgan fingerprint density at radius 1 is 1.73 bits per heavy atom. The van der Waals surface area contributed by atoms with Crippen molar-refractivity contribution in [3.05, 3.63) is 12.0 Å². The lowest BCUT2D eigenvalue weighted by Crippen LogP contribution is -2.18. The maximum atomic E-state index is 10.9. The molecule has 1 aliphatic heterocycles. The van der Waals surface area contributed by atoms with Crippen LogP contribution in [-0.2, 0) is 9.53 Å². The first-order valence-electron chi connectivity index (χ1n) is 3.35. The van der Waals surface area contributed by atoms with Gasteiger partial charge in [-0.2, -0.15) is 5.01 Å². The van der Waals surface area contributed by atoms with Gasteiger partial charge in [0.25, 0.3) is 0 Å². The summed E-state index contributed by atoms with van der Waals surface area (Å²) in [6, 6.07) is 0. The van der Waals surface area contributed by atoms with Gasteiger partial charge in [0.1, 0.15) is 0 Å². The highest BCUT2D eigenvalue weighted by molar-refractivity contribution is 5.83. The summed E-state index contributed by atoms with van der Waals surface area (Å²) in [5, 5.41) is 5.08. The number of nitrogens with zero attached hydrogens (tertiary/aromatic N) is 2. The molecule has 11 heavy (non-hydrogen) atoms. The summed E-state index contributed by atoms with van der Waals surface area (Å²) in [7, 11) is 0. The molecular weight excluding hydrogens is 144 g/mol. The number of carbonyl (C=O) groups excluding carboxylic acids is 1. The highest BCUT2D eigenvalue weighted by atomic mass is 16.5. The molecule has 0 spiro atoms. The minimum absolute atomic E-state index is 0.144. The largest absolute Gasteiger partial charge is 0.424 e. The van der Waals surface area contributed by atoms with Crippen LogP contribution in [0.1, 0.15) is 20.8 Å². The number of amides is 1. The standard InChI is InChI=1S/C7H10N2O2/c1-4-7-9(6(3)10)8-5(2)11-7/h4H,1-3H3/b7-4+. The van der Waals surface area contributed by atoms with Crippen LogP contribution in [0.5, 0.6) is 0 Å². The number of allylic oxidation sites excluding steroid dienone is 1. The summed E-state index contributed by atoms with van der Waals surface area (Å²) in [6.45, 7) is 4.93. The van der Waals surface area contributed by atoms with E-state index in [1.165, 1.54) is 11.9 Å². The number of hydrogen-bond acceptors (Lipinski definition) is 3. The van der Waals surface area contributed by atoms with Gasteiger partial charge in [0.15, 0.2) is 0 Å². The van der Waals surface area contributed by atoms with Gasteiger partial charge in [0.2, 0.25) is 17.7 Å². The van der Waals surface area contributed by atoms with Crippen LogP contribution in [0.25, 0.3) is 0 Å². The minimum Gasteiger partial charge on any atom is -0.424 e. The van der Waals surface area contributed by atoms with E-state index >= 15 is 0 Å². The van der Waals surface area contributed by atoms with Crippen molar-refractivity contribution in [2.45, 2.75) is 20.8 Å². The van der Waals surface area contributed by atoms with E-state index < -0.39 is 0 Å². The molecule has 1 rings (SSSR count). The highest BCUT2D eigenvalue weighted by Crippen LogP contribution is 2.15. The average Bonchev–Trinajstić information content (AvgIpc) is 2.30. The summed E-state index contributed by atoms with van der Waals surface area (Å²) >= 11 is 0. The molecule has 0 saturated heterocycles. The van der Waals surface area contributed by atoms with Crippen molar-refractivity contribution < 1.29 is 9.53 Å². The van der Waals surface area contributed by atoms with Crippen molar-refractivity contribution in [2.75, 3.05) is 0 Å². The van der Waals surface area contributed by atoms with Crippen molar-refractivity contribution in [2.24, 2.45) is 5.10 Å². The van der Waals surface area contributed by atoms with Crippen LogP contribution in [0.2, 0.25) is 0 Å². The molecule has 4 heteroatoms. The normalized spacial score (nSPS) is 20.1. The van der Waals surface area contributed by atoms with Crippen LogP contribution in [0.3, 0.4) is 0 Å². The maximum absolute atomic E-state index is 10.9. The Morgan fingerprint density at radius 2 is 2.36 bits per heavy atom. The molecule has 0 aromatic rings. The molecule has 0 aliphatic carbocycles. The summed E-state index contributed by atoms with van der Waals surface area (Å²) in [6.07, 6.45) is 1.70. The van der Waals surface area contributed by atoms with Crippen LogP contribution in [-0.4, -0.2) is 16.8 Å². The second kappa shape index (κ2) is 2.74. The molecule has 0 unspecified atom stereocenters. The smallest absolute Gasteiger partial charge is 0.247 e. The van der Waals surface area contributed by atoms with E-state index in [0.29, 0.717) is 11.8 Å². The van der Waals surface area contributed by atoms with Crippen LogP contribution >= 0.6 is 0 Å². The molecule has 60 valence electrons. The van der Waals surface area contributed by atoms with Gasteiger partial charge in [0.05, 0.1) is 0 Å². The Hall–Kier alpha value is -1.32. The summed E-state index contributed by atoms with van der Waals surface area (Å²) in [4.78, 5) is 10.9. The SMILES string of the molecule is C/C=C1/OC(C)=NN1C(C)=O. The molecule has 0 atom stereocenters. The topological polar surface area (TPSA) is 41.9 Å². The number of ether oxygens (including phenoxy) is 1. The van der Waals surface area contributed by atoms with Gasteiger partial charge in [-0.15, -0.1) is 5.10 Å². The Kier molecular flexibility index (Phi) is 1.94. The van der Waals surface area contributed by atoms with E-state index in [0.717, 1.165) is 0 Å². The molecule has 4 nitrogen and oxygen atoms in total. The van der Waals surface area contributed by atoms with Gasteiger partial charge >= 0.3 is 0 Å². The fourth-order valence-electron chi connectivity index (χ4n) is 0.812. The maximum Gasteiger partial charge on any atom is 0.247 e. The Labute approximate surface area is 65.1 Å². The molecule has 0 aromatic carbocycles. The first-order chi connectivity index (χ1) is 5.15. The predicted octanol–water partition coefficient (Wildman–Crippen LogP) is 1.06. The molecule has 1 aliphatic rings. The van der Waals surface area contributed by atoms with Crippen LogP contribution in [0.4, 0.5) is 0 Å². The van der Waals surface area contributed by atoms with Gasteiger partial charge in [-0.25, -0.2) is 0 Å². The third-order valence-electron chi connectivity index (χ3n) is 1.25. The number of hydrogen-bond donors (Lipinski definition) is 0. The summed E-state index contributed by atoms with van der Waals surface area (Å²) in [5.74, 6) is 0.832. The molecule has 0 fully saturated rings. The van der Waals surface area contributed by atoms with E-state index in [-0.39, 0.29) is 5.91 Å². The van der Waals surface area contributed by atoms with Gasteiger partial charge < -0.3 is 4.74 Å². The third-order valence-corrected chi connectivity index (χ3v) is 1.25. The Bertz CT molecular complexity index is 243. The van der Waals surface area contributed by atoms with Gasteiger partial charge in [-0.3, -0.25) is 4.79 Å². The van der Waals surface area contributed by atoms with E-state index in [1.807, 2.05) is 0 Å². The Morgan fingerprint density at radius 3 is 2.73 bits per heavy atom. The Balaban J connectivity index is 2.86. The lowest BCUT2D eigenvalue weighted by Gasteiger charge is -2.07. The van der Waals surface area contributed by atoms with E-state index in [2.05, 4.69) is 5.10 Å². The zero-order chi connectivity index (χ0) is 8.43. The van der Waals surface area contributed by atoms with E-state index in [1.54, 1.807) is 19.9 Å². The van der Waals surface area contributed by atoms with Crippen molar-refractivity contribution in [1.82, 2.24) is 5.01 Å². The average molecular weight is 154 g/mol. The van der Waals surface area contributed by atoms with Crippen molar-refractivity contribution in [1.29, 1.82) is 0 Å². The quantitative estimate of drug-likeness (QED) is 0.523. The fourth-order valence-corrected chi connectivity index (χ4v) is 0.812. The van der Waals surface area contributed by atoms with E-state index in [9.17, 15) is 4.79 Å².